The number of rotatable bonds is 42. The lowest BCUT2D eigenvalue weighted by Gasteiger charge is -2.43. The second-order valence-corrected chi connectivity index (χ2v) is 20.3. The molecule has 0 aliphatic heterocycles. The van der Waals surface area contributed by atoms with Crippen LogP contribution >= 0.6 is 15.6 Å². The van der Waals surface area contributed by atoms with Gasteiger partial charge in [-0.1, -0.05) is 168 Å². The second kappa shape index (κ2) is 42.8. The highest BCUT2D eigenvalue weighted by Crippen LogP contribution is 2.49. The average Bonchev–Trinajstić information content (AvgIpc) is 3.34. The molecule has 0 aromatic carbocycles. The van der Waals surface area contributed by atoms with Crippen LogP contribution < -0.4 is 0 Å². The number of phosphoric acid groups is 2. The van der Waals surface area contributed by atoms with E-state index >= 15 is 0 Å². The fraction of sp³-hybridized carbons (Fsp3) is 0.630. The Hall–Kier alpha value is -3.38. The Morgan fingerprint density at radius 1 is 0.521 bits per heavy atom. The van der Waals surface area contributed by atoms with Gasteiger partial charge >= 0.3 is 27.6 Å². The van der Waals surface area contributed by atoms with Crippen LogP contribution in [0.15, 0.2) is 109 Å². The van der Waals surface area contributed by atoms with Crippen molar-refractivity contribution in [3.63, 3.8) is 0 Å². The summed E-state index contributed by atoms with van der Waals surface area (Å²) in [6.45, 7) is 2.82. The zero-order valence-corrected chi connectivity index (χ0v) is 44.9. The lowest BCUT2D eigenvalue weighted by molar-refractivity contribution is -0.216. The van der Waals surface area contributed by atoms with E-state index in [4.69, 9.17) is 18.5 Å². The van der Waals surface area contributed by atoms with Crippen molar-refractivity contribution in [1.82, 2.24) is 0 Å². The zero-order valence-electron chi connectivity index (χ0n) is 43.1. The molecule has 0 spiro atoms. The number of esters is 2. The van der Waals surface area contributed by atoms with Crippen LogP contribution in [0.4, 0.5) is 0 Å². The fourth-order valence-electron chi connectivity index (χ4n) is 7.14. The standard InChI is InChI=1S/C54H88O17P2/c1-3-5-7-8-9-10-11-12-13-14-15-16-17-18-21-25-28-31-34-38-42-48(57)69-46(44-68-73(65,66)71-54-51(60)49(58)50(59)53(52(54)61)70-72(62,63)64)43-67-47(56)41-37-33-30-27-24-22-19-20-23-26-29-32-36-40-45(55)39-35-6-4-2/h6,10-11,13-14,16-17,20,22-24,29-30,32-33,35-36,40,45-46,49-55,58-61H,3-5,7-9,12,15,18-19,21,25-28,31,34,37-39,41-44H2,1-2H3,(H,65,66)(H2,62,63,64)/b11-10-,14-13-,17-16-,23-20-,24-22-,32-29+,33-30-,35-6-,40-36+/t45?,46-,49?,50?,51?,52?,53-,54+/m1/s1. The molecule has 0 bridgehead atoms. The maximum Gasteiger partial charge on any atom is 0.472 e. The van der Waals surface area contributed by atoms with Crippen LogP contribution in [0.3, 0.4) is 0 Å². The number of allylic oxidation sites excluding steroid dienone is 16. The summed E-state index contributed by atoms with van der Waals surface area (Å²) in [7, 11) is -10.7. The molecule has 19 heteroatoms. The Bertz CT molecular complexity index is 1830. The molecule has 1 aliphatic rings. The Balaban J connectivity index is 2.62. The molecule has 1 rings (SSSR count). The molecule has 17 nitrogen and oxygen atoms in total. The summed E-state index contributed by atoms with van der Waals surface area (Å²) in [4.78, 5) is 54.4. The predicted octanol–water partition coefficient (Wildman–Crippen LogP) is 9.87. The van der Waals surface area contributed by atoms with E-state index in [-0.39, 0.29) is 12.8 Å². The van der Waals surface area contributed by atoms with Gasteiger partial charge in [-0.15, -0.1) is 0 Å². The summed E-state index contributed by atoms with van der Waals surface area (Å²) in [6.07, 6.45) is 39.4. The average molecular weight is 1070 g/mol. The maximum atomic E-state index is 13.0. The summed E-state index contributed by atoms with van der Waals surface area (Å²) in [5.41, 5.74) is 0. The molecule has 0 radical (unpaired) electrons. The van der Waals surface area contributed by atoms with E-state index in [2.05, 4.69) is 47.9 Å². The van der Waals surface area contributed by atoms with Crippen molar-refractivity contribution in [2.45, 2.75) is 204 Å². The third-order valence-corrected chi connectivity index (χ3v) is 12.7. The van der Waals surface area contributed by atoms with Gasteiger partial charge in [-0.2, -0.15) is 0 Å². The quantitative estimate of drug-likeness (QED) is 0.00928. The smallest absolute Gasteiger partial charge is 0.462 e. The van der Waals surface area contributed by atoms with Crippen LogP contribution in [0, 0.1) is 0 Å². The number of aliphatic hydroxyl groups is 5. The summed E-state index contributed by atoms with van der Waals surface area (Å²) < 4.78 is 49.4. The molecule has 8 N–H and O–H groups in total. The summed E-state index contributed by atoms with van der Waals surface area (Å²) in [6, 6.07) is 0. The lowest BCUT2D eigenvalue weighted by atomic mass is 9.85. The van der Waals surface area contributed by atoms with Crippen LogP contribution in [-0.4, -0.2) is 114 Å². The van der Waals surface area contributed by atoms with E-state index in [9.17, 15) is 58.9 Å². The number of hydrogen-bond acceptors (Lipinski definition) is 14. The van der Waals surface area contributed by atoms with Crippen LogP contribution in [0.1, 0.15) is 155 Å². The van der Waals surface area contributed by atoms with E-state index in [0.717, 1.165) is 77.0 Å². The van der Waals surface area contributed by atoms with Crippen molar-refractivity contribution in [3.05, 3.63) is 109 Å². The number of hydrogen-bond donors (Lipinski definition) is 8. The van der Waals surface area contributed by atoms with E-state index in [1.54, 1.807) is 6.08 Å². The Labute approximate surface area is 434 Å². The van der Waals surface area contributed by atoms with E-state index in [0.29, 0.717) is 25.7 Å². The van der Waals surface area contributed by atoms with Crippen LogP contribution in [0.5, 0.6) is 0 Å². The van der Waals surface area contributed by atoms with Gasteiger partial charge in [0.05, 0.1) is 12.7 Å². The van der Waals surface area contributed by atoms with Gasteiger partial charge in [-0.3, -0.25) is 23.2 Å². The van der Waals surface area contributed by atoms with Crippen LogP contribution in [0.2, 0.25) is 0 Å². The highest BCUT2D eigenvalue weighted by Gasteiger charge is 2.54. The molecule has 1 aliphatic carbocycles. The molecular weight excluding hydrogens is 983 g/mol. The highest BCUT2D eigenvalue weighted by molar-refractivity contribution is 7.47. The molecule has 73 heavy (non-hydrogen) atoms. The molecule has 1 fully saturated rings. The van der Waals surface area contributed by atoms with Gasteiger partial charge in [0.15, 0.2) is 6.10 Å². The summed E-state index contributed by atoms with van der Waals surface area (Å²) in [5.74, 6) is -1.35. The van der Waals surface area contributed by atoms with Crippen molar-refractivity contribution in [2.24, 2.45) is 0 Å². The van der Waals surface area contributed by atoms with Gasteiger partial charge in [0.1, 0.15) is 43.2 Å². The van der Waals surface area contributed by atoms with Crippen molar-refractivity contribution in [1.29, 1.82) is 0 Å². The van der Waals surface area contributed by atoms with E-state index in [1.165, 1.54) is 25.7 Å². The molecule has 0 aromatic rings. The van der Waals surface area contributed by atoms with E-state index in [1.807, 2.05) is 73.8 Å². The topological polar surface area (TPSA) is 276 Å². The molecule has 9 atom stereocenters. The molecule has 6 unspecified atom stereocenters. The minimum absolute atomic E-state index is 0.000688. The van der Waals surface area contributed by atoms with Crippen molar-refractivity contribution in [2.75, 3.05) is 13.2 Å². The van der Waals surface area contributed by atoms with Crippen molar-refractivity contribution < 1.29 is 82.0 Å². The highest BCUT2D eigenvalue weighted by atomic mass is 31.2. The van der Waals surface area contributed by atoms with Crippen LogP contribution in [0.25, 0.3) is 0 Å². The third-order valence-electron chi connectivity index (χ3n) is 11.2. The predicted molar refractivity (Wildman–Crippen MR) is 284 cm³/mol. The summed E-state index contributed by atoms with van der Waals surface area (Å²) in [5, 5.41) is 51.2. The van der Waals surface area contributed by atoms with E-state index < -0.39 is 89.6 Å². The molecule has 0 heterocycles. The number of phosphoric ester groups is 2. The maximum absolute atomic E-state index is 13.0. The van der Waals surface area contributed by atoms with Gasteiger partial charge in [-0.05, 0) is 83.5 Å². The largest absolute Gasteiger partial charge is 0.472 e. The first-order valence-corrected chi connectivity index (χ1v) is 29.1. The van der Waals surface area contributed by atoms with Crippen molar-refractivity contribution in [3.8, 4) is 0 Å². The molecule has 1 saturated carbocycles. The summed E-state index contributed by atoms with van der Waals surface area (Å²) >= 11 is 0. The lowest BCUT2D eigenvalue weighted by Crippen LogP contribution is -2.64. The Kier molecular flexibility index (Phi) is 39.7. The third kappa shape index (κ3) is 37.1. The van der Waals surface area contributed by atoms with Gasteiger partial charge in [0.25, 0.3) is 0 Å². The van der Waals surface area contributed by atoms with Gasteiger partial charge in [0.2, 0.25) is 0 Å². The minimum atomic E-state index is -5.39. The number of ether oxygens (including phenoxy) is 2. The first kappa shape index (κ1) is 67.6. The zero-order chi connectivity index (χ0) is 54.0. The molecule has 0 aromatic heterocycles. The second-order valence-electron chi connectivity index (χ2n) is 17.7. The first-order chi connectivity index (χ1) is 35.0. The Morgan fingerprint density at radius 2 is 1.03 bits per heavy atom. The molecule has 0 amide bonds. The number of carbonyl (C=O) groups is 2. The fourth-order valence-corrected chi connectivity index (χ4v) is 8.68. The normalized spacial score (nSPS) is 21.9. The first-order valence-electron chi connectivity index (χ1n) is 26.0. The molecule has 0 saturated heterocycles. The molecule has 416 valence electrons. The monoisotopic (exact) mass is 1070 g/mol. The van der Waals surface area contributed by atoms with Crippen molar-refractivity contribution >= 4 is 27.6 Å². The Morgan fingerprint density at radius 3 is 1.59 bits per heavy atom. The minimum Gasteiger partial charge on any atom is -0.462 e. The number of carbonyl (C=O) groups excluding carboxylic acids is 2. The SMILES string of the molecule is CC/C=C\CC(O)/C=C/C=C/C/C=C\C/C=C\C/C=C\CCC(=O)OC[C@H](COP(=O)(O)O[C@H]1C(O)C(O)C(O)[C@@H](OP(=O)(O)O)C1O)OC(=O)CCCCCCCC/C=C\C/C=C\C/C=C\CCCCCC. The molecular formula is C54H88O17P2. The van der Waals surface area contributed by atoms with Gasteiger partial charge in [0, 0.05) is 12.8 Å². The van der Waals surface area contributed by atoms with Gasteiger partial charge < -0.3 is 49.7 Å². The number of unbranched alkanes of at least 4 members (excludes halogenated alkanes) is 10. The van der Waals surface area contributed by atoms with Gasteiger partial charge in [-0.25, -0.2) is 9.13 Å². The van der Waals surface area contributed by atoms with Crippen LogP contribution in [-0.2, 0) is 41.8 Å². The number of aliphatic hydroxyl groups excluding tert-OH is 5.